The molecule has 2 aromatic heterocycles. The molecule has 6 heteroatoms. The van der Waals surface area contributed by atoms with Crippen molar-refractivity contribution in [1.82, 2.24) is 9.78 Å². The number of hydrogen-bond donors (Lipinski definition) is 1. The van der Waals surface area contributed by atoms with Crippen molar-refractivity contribution in [2.45, 2.75) is 19.9 Å². The van der Waals surface area contributed by atoms with E-state index < -0.39 is 0 Å². The van der Waals surface area contributed by atoms with Gasteiger partial charge in [-0.25, -0.2) is 4.68 Å². The number of nitrogens with zero attached hydrogens (tertiary/aromatic N) is 2. The molecule has 0 radical (unpaired) electrons. The molecule has 1 amide bonds. The topological polar surface area (TPSA) is 56.1 Å². The van der Waals surface area contributed by atoms with Crippen molar-refractivity contribution >= 4 is 23.1 Å². The van der Waals surface area contributed by atoms with Crippen molar-refractivity contribution in [3.8, 4) is 5.75 Å². The minimum atomic E-state index is -0.162. The van der Waals surface area contributed by atoms with E-state index in [4.69, 9.17) is 4.74 Å². The van der Waals surface area contributed by atoms with Crippen LogP contribution < -0.4 is 10.1 Å². The van der Waals surface area contributed by atoms with Crippen molar-refractivity contribution in [3.05, 3.63) is 64.5 Å². The maximum absolute atomic E-state index is 12.4. The highest BCUT2D eigenvalue weighted by Crippen LogP contribution is 2.16. The van der Waals surface area contributed by atoms with Crippen LogP contribution >= 0.6 is 11.3 Å². The third-order valence-corrected chi connectivity index (χ3v) is 4.29. The molecule has 0 aliphatic carbocycles. The third kappa shape index (κ3) is 4.02. The number of benzene rings is 1. The monoisotopic (exact) mass is 341 g/mol. The Labute approximate surface area is 144 Å². The Morgan fingerprint density at radius 1 is 1.25 bits per heavy atom. The first-order chi connectivity index (χ1) is 11.8. The Kier molecular flexibility index (Phi) is 5.28. The zero-order valence-electron chi connectivity index (χ0n) is 13.4. The molecule has 124 valence electrons. The fourth-order valence-corrected chi connectivity index (χ4v) is 2.91. The van der Waals surface area contributed by atoms with Crippen molar-refractivity contribution in [1.29, 1.82) is 0 Å². The molecule has 3 rings (SSSR count). The number of anilines is 1. The maximum atomic E-state index is 12.4. The van der Waals surface area contributed by atoms with E-state index in [-0.39, 0.29) is 5.91 Å². The van der Waals surface area contributed by atoms with Crippen molar-refractivity contribution < 1.29 is 9.53 Å². The van der Waals surface area contributed by atoms with Gasteiger partial charge in [-0.15, -0.1) is 11.3 Å². The van der Waals surface area contributed by atoms with Gasteiger partial charge in [-0.05, 0) is 42.1 Å². The summed E-state index contributed by atoms with van der Waals surface area (Å²) in [6, 6.07) is 13.0. The second-order valence-corrected chi connectivity index (χ2v) is 6.31. The summed E-state index contributed by atoms with van der Waals surface area (Å²) in [7, 11) is 0. The summed E-state index contributed by atoms with van der Waals surface area (Å²) in [4.78, 5) is 13.6. The summed E-state index contributed by atoms with van der Waals surface area (Å²) in [5, 5.41) is 9.21. The van der Waals surface area contributed by atoms with Crippen LogP contribution in [0.2, 0.25) is 0 Å². The predicted molar refractivity (Wildman–Crippen MR) is 95.8 cm³/mol. The van der Waals surface area contributed by atoms with Gasteiger partial charge in [0.1, 0.15) is 11.6 Å². The van der Waals surface area contributed by atoms with Crippen LogP contribution in [0.15, 0.2) is 54.0 Å². The number of aromatic nitrogens is 2. The Morgan fingerprint density at radius 2 is 2.08 bits per heavy atom. The highest BCUT2D eigenvalue weighted by molar-refractivity contribution is 7.09. The number of amides is 1. The highest BCUT2D eigenvalue weighted by atomic mass is 32.1. The van der Waals surface area contributed by atoms with Gasteiger partial charge in [0.2, 0.25) is 0 Å². The predicted octanol–water partition coefficient (Wildman–Crippen LogP) is 4.03. The molecule has 0 fully saturated rings. The summed E-state index contributed by atoms with van der Waals surface area (Å²) in [6.07, 6.45) is 2.64. The number of thiophene rings is 1. The van der Waals surface area contributed by atoms with E-state index in [2.05, 4.69) is 17.3 Å². The second-order valence-electron chi connectivity index (χ2n) is 5.28. The van der Waals surface area contributed by atoms with Crippen molar-refractivity contribution in [2.75, 3.05) is 11.9 Å². The Morgan fingerprint density at radius 3 is 2.79 bits per heavy atom. The van der Waals surface area contributed by atoms with Gasteiger partial charge in [-0.2, -0.15) is 5.10 Å². The van der Waals surface area contributed by atoms with E-state index >= 15 is 0 Å². The number of rotatable bonds is 7. The molecular formula is C18H19N3O2S. The van der Waals surface area contributed by atoms with E-state index in [1.807, 2.05) is 29.6 Å². The van der Waals surface area contributed by atoms with Gasteiger partial charge in [0.15, 0.2) is 0 Å². The molecule has 0 aliphatic rings. The fourth-order valence-electron chi connectivity index (χ4n) is 2.23. The molecule has 2 heterocycles. The third-order valence-electron chi connectivity index (χ3n) is 3.43. The lowest BCUT2D eigenvalue weighted by molar-refractivity contribution is 0.102. The van der Waals surface area contributed by atoms with E-state index in [9.17, 15) is 4.79 Å². The Hall–Kier alpha value is -2.60. The first-order valence-electron chi connectivity index (χ1n) is 7.84. The lowest BCUT2D eigenvalue weighted by atomic mass is 10.2. The molecule has 0 aliphatic heterocycles. The van der Waals surface area contributed by atoms with E-state index in [0.717, 1.165) is 12.2 Å². The molecule has 5 nitrogen and oxygen atoms in total. The summed E-state index contributed by atoms with van der Waals surface area (Å²) in [5.41, 5.74) is 0.586. The summed E-state index contributed by atoms with van der Waals surface area (Å²) in [5.74, 6) is 1.29. The number of hydrogen-bond acceptors (Lipinski definition) is 4. The van der Waals surface area contributed by atoms with Gasteiger partial charge in [0, 0.05) is 16.5 Å². The first kappa shape index (κ1) is 16.3. The van der Waals surface area contributed by atoms with Gasteiger partial charge in [0.05, 0.1) is 19.3 Å². The normalized spacial score (nSPS) is 10.5. The largest absolute Gasteiger partial charge is 0.494 e. The van der Waals surface area contributed by atoms with Crippen LogP contribution in [0.25, 0.3) is 0 Å². The van der Waals surface area contributed by atoms with Crippen molar-refractivity contribution in [3.63, 3.8) is 0 Å². The maximum Gasteiger partial charge on any atom is 0.256 e. The van der Waals surface area contributed by atoms with Crippen LogP contribution in [0, 0.1) is 0 Å². The van der Waals surface area contributed by atoms with Gasteiger partial charge in [-0.1, -0.05) is 13.0 Å². The van der Waals surface area contributed by atoms with E-state index in [1.165, 1.54) is 4.88 Å². The lowest BCUT2D eigenvalue weighted by Crippen LogP contribution is -2.16. The van der Waals surface area contributed by atoms with Crippen LogP contribution in [-0.4, -0.2) is 22.3 Å². The van der Waals surface area contributed by atoms with Gasteiger partial charge < -0.3 is 10.1 Å². The minimum absolute atomic E-state index is 0.162. The molecule has 0 unspecified atom stereocenters. The SMILES string of the molecule is CCCOc1ccc(C(=O)Nc2ccnn2Cc2cccs2)cc1. The first-order valence-corrected chi connectivity index (χ1v) is 8.72. The second kappa shape index (κ2) is 7.79. The molecule has 24 heavy (non-hydrogen) atoms. The van der Waals surface area contributed by atoms with Crippen LogP contribution in [0.5, 0.6) is 5.75 Å². The highest BCUT2D eigenvalue weighted by Gasteiger charge is 2.10. The average Bonchev–Trinajstić information content (AvgIpc) is 3.26. The molecule has 0 atom stereocenters. The Balaban J connectivity index is 1.65. The van der Waals surface area contributed by atoms with Crippen LogP contribution in [0.4, 0.5) is 5.82 Å². The molecule has 0 spiro atoms. The van der Waals surface area contributed by atoms with E-state index in [1.54, 1.807) is 40.4 Å². The van der Waals surface area contributed by atoms with Gasteiger partial charge in [0.25, 0.3) is 5.91 Å². The van der Waals surface area contributed by atoms with Crippen molar-refractivity contribution in [2.24, 2.45) is 0 Å². The Bertz CT molecular complexity index is 779. The number of carbonyl (C=O) groups is 1. The lowest BCUT2D eigenvalue weighted by Gasteiger charge is -2.09. The molecule has 0 saturated carbocycles. The van der Waals surface area contributed by atoms with Crippen LogP contribution in [0.1, 0.15) is 28.6 Å². The molecule has 1 aromatic carbocycles. The standard InChI is InChI=1S/C18H19N3O2S/c1-2-11-23-15-7-5-14(6-8-15)18(22)20-17-9-10-19-21(17)13-16-4-3-12-24-16/h3-10,12H,2,11,13H2,1H3,(H,20,22). The molecule has 0 saturated heterocycles. The molecule has 1 N–H and O–H groups in total. The fraction of sp³-hybridized carbons (Fsp3) is 0.222. The van der Waals surface area contributed by atoms with E-state index in [0.29, 0.717) is 24.5 Å². The quantitative estimate of drug-likeness (QED) is 0.706. The smallest absolute Gasteiger partial charge is 0.256 e. The summed E-state index contributed by atoms with van der Waals surface area (Å²) < 4.78 is 7.31. The molecular weight excluding hydrogens is 322 g/mol. The average molecular weight is 341 g/mol. The molecule has 3 aromatic rings. The number of carbonyl (C=O) groups excluding carboxylic acids is 1. The molecule has 0 bridgehead atoms. The zero-order valence-corrected chi connectivity index (χ0v) is 14.3. The summed E-state index contributed by atoms with van der Waals surface area (Å²) in [6.45, 7) is 3.37. The van der Waals surface area contributed by atoms with Crippen LogP contribution in [0.3, 0.4) is 0 Å². The minimum Gasteiger partial charge on any atom is -0.494 e. The zero-order chi connectivity index (χ0) is 16.8. The van der Waals surface area contributed by atoms with Gasteiger partial charge >= 0.3 is 0 Å². The van der Waals surface area contributed by atoms with Crippen LogP contribution in [-0.2, 0) is 6.54 Å². The number of ether oxygens (including phenoxy) is 1. The van der Waals surface area contributed by atoms with Gasteiger partial charge in [-0.3, -0.25) is 4.79 Å². The summed E-state index contributed by atoms with van der Waals surface area (Å²) >= 11 is 1.67. The number of nitrogens with one attached hydrogen (secondary N) is 1.